The standard InChI is InChI=1S/C23H16F4O3Si.C23H21FO3Si.C14H22BrFOSi.C8H3BrF4O.C8H6BrFO2.C8H8BrFO/c1-31(2)20-8-13(29)3-5-15(20)22(16-6-4-14(30)9-21(16)31)17-10-19(24)12(11-28)7-18(17)23(25,26)27;1-13-8-14(12-25)20(24)11-19(13)23-17-6-4-15(26)9-21(17)28(2,3)22-10-16(27)5-7-18(22)23;1-10-7-11(13(16)8-12(10)15)9-17-18(5,6)14(2,3)4;9-6-2-7(10)4(3-14)1-5(6)8(11,12)13;1-4-2-5(8(11)12)7(10)3-6(4)9;1-5-2-6(4-11)8(10)3-7(5)9/h3-11,29H,1-2H3;4-11,25-26H,12H2,1-3H3;7-8H,9H2,1-6H3;1-3H;2-3H,1H3,(H,11,12);2-3,11H,4H2,1H3. The molecule has 0 radical (unpaired) electrons. The van der Waals surface area contributed by atoms with E-state index in [1.54, 1.807) is 43.3 Å². The zero-order valence-corrected chi connectivity index (χ0v) is 72.7. The number of aldehydes is 2. The molecule has 11 nitrogen and oxygen atoms in total. The molecule has 0 saturated heterocycles. The minimum absolute atomic E-state index is 0.0387. The Morgan fingerprint density at radius 3 is 1.26 bits per heavy atom. The van der Waals surface area contributed by atoms with Crippen molar-refractivity contribution >= 4 is 140 Å². The maximum atomic E-state index is 14.6. The van der Waals surface area contributed by atoms with E-state index < -0.39 is 98.3 Å². The Morgan fingerprint density at radius 1 is 0.474 bits per heavy atom. The summed E-state index contributed by atoms with van der Waals surface area (Å²) in [6, 6.07) is 23.9. The number of fused-ring (bicyclic) bond motifs is 4. The van der Waals surface area contributed by atoms with Crippen LogP contribution in [0.1, 0.15) is 124 Å². The minimum Gasteiger partial charge on any atom is -0.508 e. The molecule has 0 amide bonds. The number of ketones is 2. The number of hydrogen-bond donors (Lipinski definition) is 5. The Hall–Kier alpha value is -8.44. The number of aliphatic hydroxyl groups excluding tert-OH is 2. The molecule has 8 aromatic rings. The van der Waals surface area contributed by atoms with Crippen LogP contribution in [0, 0.1) is 62.6 Å². The molecule has 2 aliphatic carbocycles. The van der Waals surface area contributed by atoms with Crippen LogP contribution in [0.25, 0.3) is 11.1 Å². The number of alkyl halides is 6. The summed E-state index contributed by atoms with van der Waals surface area (Å²) < 4.78 is 168. The molecule has 30 heteroatoms. The second kappa shape index (κ2) is 36.8. The Bertz CT molecular complexity index is 5380. The van der Waals surface area contributed by atoms with Crippen LogP contribution in [0.4, 0.5) is 52.7 Å². The van der Waals surface area contributed by atoms with Crippen molar-refractivity contribution in [1.29, 1.82) is 0 Å². The van der Waals surface area contributed by atoms with Gasteiger partial charge < -0.3 is 30.0 Å². The molecular formula is C84H76Br4F12O11Si3. The Balaban J connectivity index is 0.000000198. The molecule has 0 bridgehead atoms. The number of halogens is 16. The second-order valence-corrected chi connectivity index (χ2v) is 46.2. The van der Waals surface area contributed by atoms with E-state index in [9.17, 15) is 92.0 Å². The maximum Gasteiger partial charge on any atom is 0.417 e. The quantitative estimate of drug-likeness (QED) is 0.0496. The normalized spacial score (nSPS) is 14.4. The van der Waals surface area contributed by atoms with Gasteiger partial charge in [-0.3, -0.25) is 19.2 Å². The Morgan fingerprint density at radius 2 is 0.842 bits per heavy atom. The van der Waals surface area contributed by atoms with Crippen molar-refractivity contribution in [2.75, 3.05) is 0 Å². The molecule has 0 spiro atoms. The second-order valence-electron chi connectivity index (χ2n) is 29.3. The summed E-state index contributed by atoms with van der Waals surface area (Å²) in [6.45, 7) is 26.2. The number of carboxylic acid groups (broad SMARTS) is 1. The lowest BCUT2D eigenvalue weighted by atomic mass is 9.86. The van der Waals surface area contributed by atoms with Crippen LogP contribution in [-0.4, -0.2) is 80.1 Å². The molecule has 114 heavy (non-hydrogen) atoms. The van der Waals surface area contributed by atoms with Gasteiger partial charge in [-0.1, -0.05) is 141 Å². The summed E-state index contributed by atoms with van der Waals surface area (Å²) >= 11 is 12.2. The van der Waals surface area contributed by atoms with Gasteiger partial charge in [-0.25, -0.2) is 31.1 Å². The molecule has 12 rings (SSSR count). The van der Waals surface area contributed by atoms with E-state index in [1.165, 1.54) is 60.7 Å². The van der Waals surface area contributed by atoms with Crippen molar-refractivity contribution < 1.29 is 107 Å². The van der Waals surface area contributed by atoms with Gasteiger partial charge in [0.2, 0.25) is 0 Å². The number of phenols is 2. The van der Waals surface area contributed by atoms with Crippen LogP contribution in [-0.2, 0) is 46.2 Å². The topological polar surface area (TPSA) is 196 Å². The smallest absolute Gasteiger partial charge is 0.417 e. The molecule has 8 aromatic carbocycles. The predicted octanol–water partition coefficient (Wildman–Crippen LogP) is 22.2. The van der Waals surface area contributed by atoms with Crippen molar-refractivity contribution in [2.24, 2.45) is 0 Å². The first kappa shape index (κ1) is 92.7. The lowest BCUT2D eigenvalue weighted by molar-refractivity contribution is -0.138. The van der Waals surface area contributed by atoms with Gasteiger partial charge in [-0.2, -0.15) is 26.3 Å². The van der Waals surface area contributed by atoms with Crippen LogP contribution in [0.15, 0.2) is 185 Å². The summed E-state index contributed by atoms with van der Waals surface area (Å²) in [4.78, 5) is 55.9. The lowest BCUT2D eigenvalue weighted by Gasteiger charge is -2.38. The highest BCUT2D eigenvalue weighted by atomic mass is 79.9. The number of hydrogen-bond acceptors (Lipinski definition) is 10. The first-order valence-electron chi connectivity index (χ1n) is 34.4. The van der Waals surface area contributed by atoms with Crippen molar-refractivity contribution in [3.05, 3.63) is 309 Å². The molecule has 0 atom stereocenters. The van der Waals surface area contributed by atoms with E-state index in [0.29, 0.717) is 73.6 Å². The molecule has 4 aliphatic rings. The molecule has 0 unspecified atom stereocenters. The number of phenolic OH excluding ortho intramolecular Hbond substituents is 2. The number of aryl methyl sites for hydroxylation is 4. The fraction of sp³-hybridized carbons (Fsp3) is 0.226. The Labute approximate surface area is 686 Å². The molecule has 0 fully saturated rings. The lowest BCUT2D eigenvalue weighted by Crippen LogP contribution is -2.49. The van der Waals surface area contributed by atoms with E-state index in [0.717, 1.165) is 64.4 Å². The van der Waals surface area contributed by atoms with Crippen LogP contribution < -0.4 is 10.4 Å². The average Bonchev–Trinajstić information content (AvgIpc) is 0.724. The molecule has 602 valence electrons. The number of rotatable bonds is 10. The van der Waals surface area contributed by atoms with Gasteiger partial charge in [0.15, 0.2) is 32.5 Å². The highest BCUT2D eigenvalue weighted by Gasteiger charge is 2.45. The van der Waals surface area contributed by atoms with Gasteiger partial charge in [0, 0.05) is 34.6 Å². The third-order valence-electron chi connectivity index (χ3n) is 19.6. The van der Waals surface area contributed by atoms with E-state index in [-0.39, 0.29) is 82.2 Å². The number of carbonyl (C=O) groups is 5. The summed E-state index contributed by atoms with van der Waals surface area (Å²) in [5, 5.41) is 50.1. The van der Waals surface area contributed by atoms with Crippen molar-refractivity contribution in [3.8, 4) is 11.5 Å². The fourth-order valence-electron chi connectivity index (χ4n) is 12.3. The number of allylic oxidation sites excluding steroid dienone is 10. The zero-order chi connectivity index (χ0) is 85.7. The number of carbonyl (C=O) groups excluding carboxylic acids is 4. The summed E-state index contributed by atoms with van der Waals surface area (Å²) in [5.41, 5.74) is 4.95. The molecule has 5 N–H and O–H groups in total. The third-order valence-corrected chi connectivity index (χ3v) is 34.4. The van der Waals surface area contributed by atoms with Crippen molar-refractivity contribution in [3.63, 3.8) is 0 Å². The van der Waals surface area contributed by atoms with Crippen molar-refractivity contribution in [2.45, 2.75) is 125 Å². The largest absolute Gasteiger partial charge is 0.508 e. The summed E-state index contributed by atoms with van der Waals surface area (Å²) in [6.07, 6.45) is -0.201. The van der Waals surface area contributed by atoms with Crippen LogP contribution in [0.5, 0.6) is 11.5 Å². The van der Waals surface area contributed by atoms with E-state index in [4.69, 9.17) is 14.6 Å². The van der Waals surface area contributed by atoms with E-state index in [2.05, 4.69) is 111 Å². The Kier molecular flexibility index (Phi) is 29.9. The van der Waals surface area contributed by atoms with Gasteiger partial charge in [0.05, 0.1) is 47.6 Å². The minimum atomic E-state index is -4.85. The number of aliphatic hydroxyl groups is 2. The monoisotopic (exact) mass is 1890 g/mol. The van der Waals surface area contributed by atoms with Gasteiger partial charge in [0.25, 0.3) is 0 Å². The van der Waals surface area contributed by atoms with Crippen molar-refractivity contribution in [1.82, 2.24) is 0 Å². The zero-order valence-electron chi connectivity index (χ0n) is 63.4. The SMILES string of the molecule is C[Si]1(C)C2=CC(=O)C=CC2=C(c2cc(F)c(C=O)cc2C(F)(F)F)c2ccc(O)cc21.Cc1cc(C(=O)O)c(F)cc1Br.Cc1cc(CO)c(F)cc1Br.Cc1cc(CO)c(F)cc1C1=C2C=CC(=O)C=C2[Si](C)(C)c2cc(O)ccc21.Cc1cc(CO[Si](C)(C)C(C)(C)C)c(F)cc1Br.O=Cc1cc(C(F)(F)F)c(Br)cc1F. The van der Waals surface area contributed by atoms with Gasteiger partial charge in [-0.15, -0.1) is 0 Å². The molecule has 2 heterocycles. The summed E-state index contributed by atoms with van der Waals surface area (Å²) in [5.74, 6) is -5.28. The number of carboxylic acids is 1. The van der Waals surface area contributed by atoms with E-state index in [1.807, 2.05) is 52.1 Å². The molecule has 0 aromatic heterocycles. The fourth-order valence-corrected chi connectivity index (χ4v) is 20.9. The average molecular weight is 1890 g/mol. The first-order chi connectivity index (χ1) is 52.7. The maximum absolute atomic E-state index is 14.6. The summed E-state index contributed by atoms with van der Waals surface area (Å²) in [7, 11) is -6.63. The van der Waals surface area contributed by atoms with Crippen LogP contribution >= 0.6 is 63.7 Å². The number of aromatic hydroxyl groups is 2. The highest BCUT2D eigenvalue weighted by Crippen LogP contribution is 2.48. The van der Waals surface area contributed by atoms with Crippen LogP contribution in [0.3, 0.4) is 0 Å². The number of benzene rings is 8. The first-order valence-corrected chi connectivity index (χ1v) is 46.5. The van der Waals surface area contributed by atoms with Gasteiger partial charge in [-0.05, 0) is 249 Å². The number of aromatic carboxylic acids is 1. The third kappa shape index (κ3) is 21.2. The van der Waals surface area contributed by atoms with Gasteiger partial charge >= 0.3 is 18.3 Å². The van der Waals surface area contributed by atoms with Gasteiger partial charge in [0.1, 0.15) is 62.6 Å². The van der Waals surface area contributed by atoms with E-state index >= 15 is 0 Å². The molecule has 0 saturated carbocycles. The van der Waals surface area contributed by atoms with Crippen LogP contribution in [0.2, 0.25) is 44.3 Å². The highest BCUT2D eigenvalue weighted by molar-refractivity contribution is 9.11. The molecular weight excluding hydrogens is 1820 g/mol. The molecule has 2 aliphatic heterocycles. The predicted molar refractivity (Wildman–Crippen MR) is 437 cm³/mol.